The number of nitrogens with one attached hydrogen (secondary N) is 1. The molecule has 2 heterocycles. The van der Waals surface area contributed by atoms with Gasteiger partial charge in [0.25, 0.3) is 0 Å². The van der Waals surface area contributed by atoms with Crippen LogP contribution < -0.4 is 14.8 Å². The van der Waals surface area contributed by atoms with E-state index in [1.807, 2.05) is 6.07 Å². The van der Waals surface area contributed by atoms with Crippen molar-refractivity contribution >= 4 is 11.6 Å². The van der Waals surface area contributed by atoms with Gasteiger partial charge in [0.15, 0.2) is 0 Å². The predicted octanol–water partition coefficient (Wildman–Crippen LogP) is 4.95. The van der Waals surface area contributed by atoms with E-state index in [0.717, 1.165) is 43.3 Å². The zero-order valence-electron chi connectivity index (χ0n) is 14.5. The van der Waals surface area contributed by atoms with Gasteiger partial charge in [-0.2, -0.15) is 13.2 Å². The molecule has 1 spiro atoms. The minimum absolute atomic E-state index is 0.0156. The molecule has 0 aromatic heterocycles. The van der Waals surface area contributed by atoms with Crippen molar-refractivity contribution in [1.29, 1.82) is 0 Å². The minimum atomic E-state index is -4.48. The van der Waals surface area contributed by atoms with E-state index in [4.69, 9.17) is 21.1 Å². The molecule has 1 fully saturated rings. The smallest absolute Gasteiger partial charge is 0.416 e. The summed E-state index contributed by atoms with van der Waals surface area (Å²) in [6, 6.07) is 9.23. The molecule has 0 aliphatic carbocycles. The van der Waals surface area contributed by atoms with E-state index in [1.165, 1.54) is 12.1 Å². The maximum absolute atomic E-state index is 13.2. The number of hydrogen-bond donors (Lipinski definition) is 1. The van der Waals surface area contributed by atoms with Gasteiger partial charge < -0.3 is 14.8 Å². The molecule has 1 unspecified atom stereocenters. The Morgan fingerprint density at radius 2 is 2.07 bits per heavy atom. The lowest BCUT2D eigenvalue weighted by atomic mass is 9.76. The second-order valence-corrected chi connectivity index (χ2v) is 7.47. The lowest BCUT2D eigenvalue weighted by molar-refractivity contribution is -0.138. The summed E-state index contributed by atoms with van der Waals surface area (Å²) in [6.07, 6.45) is -2.33. The molecule has 7 heteroatoms. The van der Waals surface area contributed by atoms with Gasteiger partial charge >= 0.3 is 6.18 Å². The first-order valence-corrected chi connectivity index (χ1v) is 9.22. The van der Waals surface area contributed by atoms with Crippen LogP contribution in [-0.2, 0) is 18.2 Å². The van der Waals surface area contributed by atoms with Crippen LogP contribution in [-0.4, -0.2) is 19.7 Å². The Labute approximate surface area is 160 Å². The highest BCUT2D eigenvalue weighted by Gasteiger charge is 2.41. The first-order valence-electron chi connectivity index (χ1n) is 8.84. The van der Waals surface area contributed by atoms with Gasteiger partial charge in [-0.15, -0.1) is 0 Å². The van der Waals surface area contributed by atoms with Crippen molar-refractivity contribution < 1.29 is 22.6 Å². The van der Waals surface area contributed by atoms with Crippen molar-refractivity contribution in [3.8, 4) is 11.5 Å². The van der Waals surface area contributed by atoms with Crippen molar-refractivity contribution in [2.24, 2.45) is 0 Å². The van der Waals surface area contributed by atoms with Crippen molar-refractivity contribution in [3.05, 3.63) is 58.1 Å². The second-order valence-electron chi connectivity index (χ2n) is 7.06. The maximum Gasteiger partial charge on any atom is 0.416 e. The number of alkyl halides is 3. The molecule has 0 amide bonds. The van der Waals surface area contributed by atoms with Crippen LogP contribution in [0.1, 0.15) is 29.5 Å². The molecule has 4 rings (SSSR count). The molecule has 1 N–H and O–H groups in total. The molecule has 2 aromatic rings. The lowest BCUT2D eigenvalue weighted by Crippen LogP contribution is -2.44. The van der Waals surface area contributed by atoms with E-state index in [1.54, 1.807) is 12.1 Å². The van der Waals surface area contributed by atoms with Gasteiger partial charge in [0.05, 0.1) is 12.2 Å². The summed E-state index contributed by atoms with van der Waals surface area (Å²) < 4.78 is 51.1. The zero-order chi connectivity index (χ0) is 19.1. The summed E-state index contributed by atoms with van der Waals surface area (Å²) in [5.74, 6) is 1.20. The van der Waals surface area contributed by atoms with Crippen LogP contribution in [0.4, 0.5) is 13.2 Å². The number of rotatable bonds is 3. The van der Waals surface area contributed by atoms with Gasteiger partial charge in [0.1, 0.15) is 18.1 Å². The average Bonchev–Trinajstić information content (AvgIpc) is 2.98. The van der Waals surface area contributed by atoms with Crippen molar-refractivity contribution in [2.75, 3.05) is 19.7 Å². The fraction of sp³-hybridized carbons (Fsp3) is 0.400. The third kappa shape index (κ3) is 3.48. The fourth-order valence-electron chi connectivity index (χ4n) is 3.89. The third-order valence-corrected chi connectivity index (χ3v) is 5.66. The third-order valence-electron chi connectivity index (χ3n) is 5.31. The van der Waals surface area contributed by atoms with Crippen molar-refractivity contribution in [3.63, 3.8) is 0 Å². The molecule has 0 saturated carbocycles. The first-order chi connectivity index (χ1) is 12.9. The van der Waals surface area contributed by atoms with Gasteiger partial charge in [-0.3, -0.25) is 0 Å². The number of piperidine rings is 1. The number of fused-ring (bicyclic) bond motifs is 2. The molecule has 2 aliphatic heterocycles. The van der Waals surface area contributed by atoms with Gasteiger partial charge in [0, 0.05) is 34.2 Å². The van der Waals surface area contributed by atoms with Crippen LogP contribution >= 0.6 is 11.6 Å². The van der Waals surface area contributed by atoms with Gasteiger partial charge in [-0.1, -0.05) is 23.7 Å². The van der Waals surface area contributed by atoms with E-state index in [9.17, 15) is 13.2 Å². The summed E-state index contributed by atoms with van der Waals surface area (Å²) in [5, 5.41) is 3.45. The molecule has 2 aromatic carbocycles. The highest BCUT2D eigenvalue weighted by Crippen LogP contribution is 2.44. The average molecular weight is 398 g/mol. The van der Waals surface area contributed by atoms with E-state index >= 15 is 0 Å². The Morgan fingerprint density at radius 3 is 2.81 bits per heavy atom. The molecule has 1 saturated heterocycles. The topological polar surface area (TPSA) is 30.5 Å². The maximum atomic E-state index is 13.2. The van der Waals surface area contributed by atoms with Gasteiger partial charge in [0.2, 0.25) is 0 Å². The molecule has 2 aliphatic rings. The predicted molar refractivity (Wildman–Crippen MR) is 96.5 cm³/mol. The zero-order valence-corrected chi connectivity index (χ0v) is 15.3. The van der Waals surface area contributed by atoms with E-state index < -0.39 is 11.7 Å². The number of ether oxygens (including phenoxy) is 2. The van der Waals surface area contributed by atoms with E-state index in [2.05, 4.69) is 5.32 Å². The standard InChI is InChI=1S/C20H19ClF3NO2/c21-17-4-1-3-15(20(22,23)24)14(17)10-26-13-5-6-16-18(9-13)27-12-19(16)7-2-8-25-11-19/h1,3-6,9,25H,2,7-8,10-12H2. The van der Waals surface area contributed by atoms with Crippen LogP contribution in [0, 0.1) is 0 Å². The van der Waals surface area contributed by atoms with Crippen LogP contribution in [0.15, 0.2) is 36.4 Å². The van der Waals surface area contributed by atoms with Crippen LogP contribution in [0.3, 0.4) is 0 Å². The summed E-state index contributed by atoms with van der Waals surface area (Å²) >= 11 is 5.98. The van der Waals surface area contributed by atoms with E-state index in [0.29, 0.717) is 12.4 Å². The molecule has 3 nitrogen and oxygen atoms in total. The Kier molecular flexibility index (Phi) is 4.72. The summed E-state index contributed by atoms with van der Waals surface area (Å²) in [6.45, 7) is 2.23. The monoisotopic (exact) mass is 397 g/mol. The summed E-state index contributed by atoms with van der Waals surface area (Å²) in [5.41, 5.74) is 0.273. The Hall–Kier alpha value is -1.92. The highest BCUT2D eigenvalue weighted by molar-refractivity contribution is 6.31. The Morgan fingerprint density at radius 1 is 1.22 bits per heavy atom. The number of halogens is 4. The first kappa shape index (κ1) is 18.4. The molecule has 27 heavy (non-hydrogen) atoms. The molecule has 144 valence electrons. The Bertz CT molecular complexity index is 848. The van der Waals surface area contributed by atoms with Crippen LogP contribution in [0.2, 0.25) is 5.02 Å². The second kappa shape index (κ2) is 6.91. The molecular weight excluding hydrogens is 379 g/mol. The van der Waals surface area contributed by atoms with Crippen LogP contribution in [0.25, 0.3) is 0 Å². The van der Waals surface area contributed by atoms with Gasteiger partial charge in [-0.05, 0) is 37.6 Å². The normalized spacial score (nSPS) is 21.8. The van der Waals surface area contributed by atoms with E-state index in [-0.39, 0.29) is 22.6 Å². The quantitative estimate of drug-likeness (QED) is 0.794. The number of hydrogen-bond acceptors (Lipinski definition) is 3. The summed E-state index contributed by atoms with van der Waals surface area (Å²) in [7, 11) is 0. The molecule has 0 radical (unpaired) electrons. The van der Waals surface area contributed by atoms with Crippen molar-refractivity contribution in [1.82, 2.24) is 5.32 Å². The highest BCUT2D eigenvalue weighted by atomic mass is 35.5. The Balaban J connectivity index is 1.55. The summed E-state index contributed by atoms with van der Waals surface area (Å²) in [4.78, 5) is 0. The lowest BCUT2D eigenvalue weighted by Gasteiger charge is -2.32. The van der Waals surface area contributed by atoms with Gasteiger partial charge in [-0.25, -0.2) is 0 Å². The molecule has 0 bridgehead atoms. The fourth-order valence-corrected chi connectivity index (χ4v) is 4.12. The number of benzene rings is 2. The van der Waals surface area contributed by atoms with Crippen LogP contribution in [0.5, 0.6) is 11.5 Å². The van der Waals surface area contributed by atoms with Crippen molar-refractivity contribution in [2.45, 2.75) is 31.0 Å². The largest absolute Gasteiger partial charge is 0.492 e. The minimum Gasteiger partial charge on any atom is -0.492 e. The molecule has 1 atom stereocenters. The SMILES string of the molecule is FC(F)(F)c1cccc(Cl)c1COc1ccc2c(c1)OCC21CCCNC1. The molecular formula is C20H19ClF3NO2.